The number of aromatic nitrogens is 1. The molecule has 0 unspecified atom stereocenters. The van der Waals surface area contributed by atoms with Crippen LogP contribution in [0.5, 0.6) is 0 Å². The first kappa shape index (κ1) is 18.6. The summed E-state index contributed by atoms with van der Waals surface area (Å²) in [6.45, 7) is 6.07. The number of benzene rings is 2. The Hall–Kier alpha value is -2.75. The minimum Gasteiger partial charge on any atom is -0.388 e. The lowest BCUT2D eigenvalue weighted by Gasteiger charge is -2.07. The van der Waals surface area contributed by atoms with E-state index in [1.165, 1.54) is 0 Å². The predicted molar refractivity (Wildman–Crippen MR) is 107 cm³/mol. The van der Waals surface area contributed by atoms with Crippen LogP contribution in [0.2, 0.25) is 0 Å². The van der Waals surface area contributed by atoms with E-state index < -0.39 is 0 Å². The van der Waals surface area contributed by atoms with E-state index in [1.807, 2.05) is 27.0 Å². The molecule has 0 spiro atoms. The molecule has 25 heavy (non-hydrogen) atoms. The predicted octanol–water partition coefficient (Wildman–Crippen LogP) is 4.91. The highest BCUT2D eigenvalue weighted by molar-refractivity contribution is 6.03. The van der Waals surface area contributed by atoms with Crippen molar-refractivity contribution in [1.29, 1.82) is 0 Å². The van der Waals surface area contributed by atoms with Crippen LogP contribution in [0.1, 0.15) is 29.9 Å². The van der Waals surface area contributed by atoms with E-state index in [2.05, 4.69) is 53.6 Å². The second-order valence-corrected chi connectivity index (χ2v) is 5.98. The quantitative estimate of drug-likeness (QED) is 0.713. The lowest BCUT2D eigenvalue weighted by Crippen LogP contribution is -2.21. The highest BCUT2D eigenvalue weighted by atomic mass is 16.2. The number of fused-ring (bicyclic) bond motifs is 1. The largest absolute Gasteiger partial charge is 0.388 e. The van der Waals surface area contributed by atoms with Crippen molar-refractivity contribution in [3.05, 3.63) is 53.7 Å². The van der Waals surface area contributed by atoms with Gasteiger partial charge in [0, 0.05) is 37.7 Å². The van der Waals surface area contributed by atoms with Crippen LogP contribution in [0.4, 0.5) is 5.69 Å². The summed E-state index contributed by atoms with van der Waals surface area (Å²) in [6, 6.07) is 14.5. The molecule has 132 valence electrons. The average molecular weight is 337 g/mol. The SMILES string of the molecule is CC.CNc1ccc(-c2cc(C)cc3[nH]c(C(=O)N(C)C)cc23)cc1. The summed E-state index contributed by atoms with van der Waals surface area (Å²) >= 11 is 0. The van der Waals surface area contributed by atoms with Crippen molar-refractivity contribution in [2.24, 2.45) is 0 Å². The first-order chi connectivity index (χ1) is 12.0. The number of amides is 1. The summed E-state index contributed by atoms with van der Waals surface area (Å²) in [5.74, 6) is -0.0182. The third kappa shape index (κ3) is 3.85. The number of carbonyl (C=O) groups is 1. The number of hydrogen-bond donors (Lipinski definition) is 2. The Kier molecular flexibility index (Phi) is 5.86. The molecule has 3 rings (SSSR count). The zero-order chi connectivity index (χ0) is 18.6. The summed E-state index contributed by atoms with van der Waals surface area (Å²) in [6.07, 6.45) is 0. The highest BCUT2D eigenvalue weighted by Gasteiger charge is 2.14. The molecule has 1 heterocycles. The van der Waals surface area contributed by atoms with Gasteiger partial charge in [0.1, 0.15) is 5.69 Å². The van der Waals surface area contributed by atoms with E-state index in [-0.39, 0.29) is 5.91 Å². The molecule has 3 aromatic rings. The fourth-order valence-corrected chi connectivity index (χ4v) is 2.79. The molecule has 0 atom stereocenters. The molecule has 0 bridgehead atoms. The van der Waals surface area contributed by atoms with Crippen molar-refractivity contribution in [3.63, 3.8) is 0 Å². The van der Waals surface area contributed by atoms with E-state index in [4.69, 9.17) is 0 Å². The molecule has 0 saturated carbocycles. The summed E-state index contributed by atoms with van der Waals surface area (Å²) in [5, 5.41) is 4.20. The summed E-state index contributed by atoms with van der Waals surface area (Å²) in [5.41, 5.74) is 6.12. The molecule has 2 aromatic carbocycles. The lowest BCUT2D eigenvalue weighted by atomic mass is 9.99. The lowest BCUT2D eigenvalue weighted by molar-refractivity contribution is 0.0823. The molecule has 0 saturated heterocycles. The zero-order valence-corrected chi connectivity index (χ0v) is 15.9. The molecular formula is C21H27N3O. The van der Waals surface area contributed by atoms with Crippen LogP contribution in [0.25, 0.3) is 22.0 Å². The van der Waals surface area contributed by atoms with Gasteiger partial charge in [0.2, 0.25) is 0 Å². The number of nitrogens with zero attached hydrogens (tertiary/aromatic N) is 1. The molecule has 0 aliphatic rings. The number of carbonyl (C=O) groups excluding carboxylic acids is 1. The maximum atomic E-state index is 12.2. The Morgan fingerprint density at radius 3 is 2.24 bits per heavy atom. The average Bonchev–Trinajstić information content (AvgIpc) is 3.05. The number of rotatable bonds is 3. The van der Waals surface area contributed by atoms with Gasteiger partial charge in [0.15, 0.2) is 0 Å². The van der Waals surface area contributed by atoms with E-state index in [0.29, 0.717) is 5.69 Å². The minimum absolute atomic E-state index is 0.0182. The standard InChI is InChI=1S/C19H21N3O.C2H6/c1-12-9-15(13-5-7-14(20-2)8-6-13)16-11-18(19(23)22(3)4)21-17(16)10-12;1-2/h5-11,20-21H,1-4H3;1-2H3. The highest BCUT2D eigenvalue weighted by Crippen LogP contribution is 2.31. The monoisotopic (exact) mass is 337 g/mol. The van der Waals surface area contributed by atoms with Crippen LogP contribution >= 0.6 is 0 Å². The number of aryl methyl sites for hydroxylation is 1. The van der Waals surface area contributed by atoms with Gasteiger partial charge in [-0.2, -0.15) is 0 Å². The van der Waals surface area contributed by atoms with Crippen LogP contribution in [-0.4, -0.2) is 36.9 Å². The second kappa shape index (κ2) is 7.88. The first-order valence-corrected chi connectivity index (χ1v) is 8.63. The molecule has 0 fully saturated rings. The maximum Gasteiger partial charge on any atom is 0.269 e. The Morgan fingerprint density at radius 1 is 1.04 bits per heavy atom. The van der Waals surface area contributed by atoms with E-state index in [0.717, 1.165) is 33.3 Å². The van der Waals surface area contributed by atoms with E-state index in [1.54, 1.807) is 19.0 Å². The summed E-state index contributed by atoms with van der Waals surface area (Å²) in [4.78, 5) is 17.0. The van der Waals surface area contributed by atoms with Crippen molar-refractivity contribution < 1.29 is 4.79 Å². The van der Waals surface area contributed by atoms with Gasteiger partial charge in [-0.05, 0) is 47.9 Å². The van der Waals surface area contributed by atoms with Crippen molar-refractivity contribution >= 4 is 22.5 Å². The molecular weight excluding hydrogens is 310 g/mol. The Morgan fingerprint density at radius 2 is 1.68 bits per heavy atom. The molecule has 0 aliphatic carbocycles. The Bertz CT molecular complexity index is 861. The normalized spacial score (nSPS) is 10.2. The van der Waals surface area contributed by atoms with Crippen LogP contribution in [0.3, 0.4) is 0 Å². The third-order valence-corrected chi connectivity index (χ3v) is 4.00. The van der Waals surface area contributed by atoms with Gasteiger partial charge in [0.25, 0.3) is 5.91 Å². The Balaban J connectivity index is 0.00000109. The first-order valence-electron chi connectivity index (χ1n) is 8.63. The van der Waals surface area contributed by atoms with Crippen molar-refractivity contribution in [2.75, 3.05) is 26.5 Å². The molecule has 1 amide bonds. The maximum absolute atomic E-state index is 12.2. The molecule has 4 nitrogen and oxygen atoms in total. The van der Waals surface area contributed by atoms with Gasteiger partial charge in [-0.15, -0.1) is 0 Å². The minimum atomic E-state index is -0.0182. The number of aromatic amines is 1. The van der Waals surface area contributed by atoms with E-state index >= 15 is 0 Å². The van der Waals surface area contributed by atoms with Gasteiger partial charge in [-0.1, -0.05) is 32.0 Å². The number of H-pyrrole nitrogens is 1. The molecule has 2 N–H and O–H groups in total. The number of hydrogen-bond acceptors (Lipinski definition) is 2. The van der Waals surface area contributed by atoms with Gasteiger partial charge in [-0.3, -0.25) is 4.79 Å². The van der Waals surface area contributed by atoms with Gasteiger partial charge in [-0.25, -0.2) is 0 Å². The topological polar surface area (TPSA) is 48.1 Å². The zero-order valence-electron chi connectivity index (χ0n) is 15.9. The van der Waals surface area contributed by atoms with Crippen molar-refractivity contribution in [3.8, 4) is 11.1 Å². The smallest absolute Gasteiger partial charge is 0.269 e. The summed E-state index contributed by atoms with van der Waals surface area (Å²) in [7, 11) is 5.43. The van der Waals surface area contributed by atoms with Crippen molar-refractivity contribution in [2.45, 2.75) is 20.8 Å². The number of nitrogens with one attached hydrogen (secondary N) is 2. The van der Waals surface area contributed by atoms with Gasteiger partial charge >= 0.3 is 0 Å². The Labute approximate surface area is 149 Å². The second-order valence-electron chi connectivity index (χ2n) is 5.98. The van der Waals surface area contributed by atoms with Crippen LogP contribution in [-0.2, 0) is 0 Å². The molecule has 0 radical (unpaired) electrons. The van der Waals surface area contributed by atoms with Crippen LogP contribution < -0.4 is 5.32 Å². The summed E-state index contributed by atoms with van der Waals surface area (Å²) < 4.78 is 0. The fourth-order valence-electron chi connectivity index (χ4n) is 2.79. The van der Waals surface area contributed by atoms with Crippen molar-refractivity contribution in [1.82, 2.24) is 9.88 Å². The van der Waals surface area contributed by atoms with Gasteiger partial charge < -0.3 is 15.2 Å². The third-order valence-electron chi connectivity index (χ3n) is 4.00. The van der Waals surface area contributed by atoms with Gasteiger partial charge in [0.05, 0.1) is 0 Å². The fraction of sp³-hybridized carbons (Fsp3) is 0.286. The van der Waals surface area contributed by atoms with E-state index in [9.17, 15) is 4.79 Å². The number of anilines is 1. The van der Waals surface area contributed by atoms with Crippen LogP contribution in [0.15, 0.2) is 42.5 Å². The molecule has 0 aliphatic heterocycles. The molecule has 1 aromatic heterocycles. The molecule has 4 heteroatoms. The van der Waals surface area contributed by atoms with Crippen LogP contribution in [0, 0.1) is 6.92 Å².